The number of rotatable bonds is 6. The summed E-state index contributed by atoms with van der Waals surface area (Å²) in [5.41, 5.74) is 6.35. The number of aromatic nitrogens is 2. The SMILES string of the molecule is NCC(NC(=O)c1ccc(-n2ccnc2)c([N+](=O)[O-])c1)C1CCCCC1. The number of nitro benzene ring substituents is 1. The topological polar surface area (TPSA) is 116 Å². The van der Waals surface area contributed by atoms with E-state index in [1.807, 2.05) is 0 Å². The van der Waals surface area contributed by atoms with Gasteiger partial charge < -0.3 is 15.6 Å². The molecule has 0 radical (unpaired) electrons. The van der Waals surface area contributed by atoms with Crippen LogP contribution in [0.2, 0.25) is 0 Å². The van der Waals surface area contributed by atoms with Crippen LogP contribution in [0, 0.1) is 16.0 Å². The molecule has 0 saturated heterocycles. The third-order valence-corrected chi connectivity index (χ3v) is 5.01. The Morgan fingerprint density at radius 3 is 2.77 bits per heavy atom. The number of nitro groups is 1. The maximum Gasteiger partial charge on any atom is 0.294 e. The molecule has 1 aromatic heterocycles. The monoisotopic (exact) mass is 357 g/mol. The predicted octanol–water partition coefficient (Wildman–Crippen LogP) is 2.42. The van der Waals surface area contributed by atoms with Crippen LogP contribution in [-0.2, 0) is 0 Å². The molecule has 1 heterocycles. The molecule has 1 saturated carbocycles. The Bertz CT molecular complexity index is 769. The second-order valence-electron chi connectivity index (χ2n) is 6.64. The van der Waals surface area contributed by atoms with Crippen molar-refractivity contribution in [3.8, 4) is 5.69 Å². The lowest BCUT2D eigenvalue weighted by Crippen LogP contribution is -2.45. The number of amides is 1. The first-order valence-electron chi connectivity index (χ1n) is 8.88. The molecule has 3 rings (SSSR count). The number of carbonyl (C=O) groups is 1. The lowest BCUT2D eigenvalue weighted by atomic mass is 9.84. The van der Waals surface area contributed by atoms with E-state index in [0.29, 0.717) is 18.2 Å². The van der Waals surface area contributed by atoms with Crippen molar-refractivity contribution in [1.82, 2.24) is 14.9 Å². The van der Waals surface area contributed by atoms with Gasteiger partial charge in [-0.15, -0.1) is 0 Å². The van der Waals surface area contributed by atoms with Crippen LogP contribution in [0.15, 0.2) is 36.9 Å². The number of hydrogen-bond acceptors (Lipinski definition) is 5. The fraction of sp³-hybridized carbons (Fsp3) is 0.444. The Morgan fingerprint density at radius 1 is 1.38 bits per heavy atom. The third-order valence-electron chi connectivity index (χ3n) is 5.01. The summed E-state index contributed by atoms with van der Waals surface area (Å²) in [7, 11) is 0. The normalized spacial score (nSPS) is 16.2. The number of carbonyl (C=O) groups excluding carboxylic acids is 1. The van der Waals surface area contributed by atoms with Gasteiger partial charge in [0.05, 0.1) is 11.3 Å². The Hall–Kier alpha value is -2.74. The van der Waals surface area contributed by atoms with Crippen LogP contribution in [0.25, 0.3) is 5.69 Å². The Labute approximate surface area is 151 Å². The highest BCUT2D eigenvalue weighted by Gasteiger charge is 2.25. The fourth-order valence-electron chi connectivity index (χ4n) is 3.59. The Morgan fingerprint density at radius 2 is 2.15 bits per heavy atom. The second kappa shape index (κ2) is 8.09. The van der Waals surface area contributed by atoms with E-state index in [-0.39, 0.29) is 23.2 Å². The molecule has 138 valence electrons. The van der Waals surface area contributed by atoms with Crippen LogP contribution in [0.4, 0.5) is 5.69 Å². The molecule has 0 bridgehead atoms. The number of imidazole rings is 1. The number of nitrogens with zero attached hydrogens (tertiary/aromatic N) is 3. The van der Waals surface area contributed by atoms with Crippen molar-refractivity contribution >= 4 is 11.6 Å². The van der Waals surface area contributed by atoms with Gasteiger partial charge in [0.25, 0.3) is 11.6 Å². The molecule has 0 aliphatic heterocycles. The van der Waals surface area contributed by atoms with Gasteiger partial charge in [0.1, 0.15) is 5.69 Å². The number of benzene rings is 1. The highest BCUT2D eigenvalue weighted by atomic mass is 16.6. The molecule has 8 nitrogen and oxygen atoms in total. The van der Waals surface area contributed by atoms with Gasteiger partial charge in [-0.3, -0.25) is 14.9 Å². The highest BCUT2D eigenvalue weighted by molar-refractivity contribution is 5.95. The van der Waals surface area contributed by atoms with Crippen molar-refractivity contribution in [3.63, 3.8) is 0 Å². The predicted molar refractivity (Wildman–Crippen MR) is 97.1 cm³/mol. The van der Waals surface area contributed by atoms with E-state index in [4.69, 9.17) is 5.73 Å². The van der Waals surface area contributed by atoms with Crippen molar-refractivity contribution in [3.05, 3.63) is 52.6 Å². The van der Waals surface area contributed by atoms with Crippen LogP contribution in [0.1, 0.15) is 42.5 Å². The van der Waals surface area contributed by atoms with E-state index in [2.05, 4.69) is 10.3 Å². The first-order valence-corrected chi connectivity index (χ1v) is 8.88. The summed E-state index contributed by atoms with van der Waals surface area (Å²) >= 11 is 0. The Balaban J connectivity index is 1.80. The van der Waals surface area contributed by atoms with E-state index in [1.54, 1.807) is 29.1 Å². The van der Waals surface area contributed by atoms with Gasteiger partial charge in [0.2, 0.25) is 0 Å². The smallest absolute Gasteiger partial charge is 0.294 e. The van der Waals surface area contributed by atoms with E-state index < -0.39 is 4.92 Å². The highest BCUT2D eigenvalue weighted by Crippen LogP contribution is 2.27. The van der Waals surface area contributed by atoms with Gasteiger partial charge in [-0.25, -0.2) is 4.98 Å². The van der Waals surface area contributed by atoms with Gasteiger partial charge in [-0.05, 0) is 30.9 Å². The molecular weight excluding hydrogens is 334 g/mol. The summed E-state index contributed by atoms with van der Waals surface area (Å²) < 4.78 is 1.55. The van der Waals surface area contributed by atoms with E-state index in [1.165, 1.54) is 18.8 Å². The zero-order valence-corrected chi connectivity index (χ0v) is 14.5. The lowest BCUT2D eigenvalue weighted by Gasteiger charge is -2.30. The summed E-state index contributed by atoms with van der Waals surface area (Å²) in [5, 5.41) is 14.4. The molecule has 1 aromatic carbocycles. The minimum Gasteiger partial charge on any atom is -0.348 e. The summed E-state index contributed by atoms with van der Waals surface area (Å²) in [6, 6.07) is 4.35. The number of hydrogen-bond donors (Lipinski definition) is 2. The zero-order valence-electron chi connectivity index (χ0n) is 14.5. The Kier molecular flexibility index (Phi) is 5.62. The van der Waals surface area contributed by atoms with E-state index >= 15 is 0 Å². The summed E-state index contributed by atoms with van der Waals surface area (Å²) in [4.78, 5) is 27.5. The molecular formula is C18H23N5O3. The second-order valence-corrected chi connectivity index (χ2v) is 6.64. The zero-order chi connectivity index (χ0) is 18.5. The first kappa shape index (κ1) is 18.1. The molecule has 1 aliphatic rings. The molecule has 8 heteroatoms. The average molecular weight is 357 g/mol. The molecule has 26 heavy (non-hydrogen) atoms. The molecule has 1 amide bonds. The first-order chi connectivity index (χ1) is 12.6. The summed E-state index contributed by atoms with van der Waals surface area (Å²) in [6.07, 6.45) is 10.3. The van der Waals surface area contributed by atoms with Gasteiger partial charge in [-0.2, -0.15) is 0 Å². The average Bonchev–Trinajstić information content (AvgIpc) is 3.20. The van der Waals surface area contributed by atoms with Crippen LogP contribution < -0.4 is 11.1 Å². The maximum absolute atomic E-state index is 12.6. The quantitative estimate of drug-likeness (QED) is 0.608. The van der Waals surface area contributed by atoms with E-state index in [9.17, 15) is 14.9 Å². The molecule has 1 unspecified atom stereocenters. The van der Waals surface area contributed by atoms with Gasteiger partial charge in [-0.1, -0.05) is 19.3 Å². The molecule has 0 spiro atoms. The largest absolute Gasteiger partial charge is 0.348 e. The van der Waals surface area contributed by atoms with Crippen LogP contribution >= 0.6 is 0 Å². The van der Waals surface area contributed by atoms with Gasteiger partial charge in [0, 0.05) is 36.6 Å². The third kappa shape index (κ3) is 3.91. The molecule has 2 aromatic rings. The molecule has 1 fully saturated rings. The summed E-state index contributed by atoms with van der Waals surface area (Å²) in [5.74, 6) is 0.0456. The number of nitrogens with two attached hydrogens (primary N) is 1. The minimum atomic E-state index is -0.492. The molecule has 1 aliphatic carbocycles. The van der Waals surface area contributed by atoms with Crippen molar-refractivity contribution in [1.29, 1.82) is 0 Å². The van der Waals surface area contributed by atoms with Gasteiger partial charge in [0.15, 0.2) is 0 Å². The van der Waals surface area contributed by atoms with Crippen molar-refractivity contribution in [2.24, 2.45) is 11.7 Å². The van der Waals surface area contributed by atoms with Crippen LogP contribution in [0.3, 0.4) is 0 Å². The maximum atomic E-state index is 12.6. The van der Waals surface area contributed by atoms with E-state index in [0.717, 1.165) is 25.7 Å². The summed E-state index contributed by atoms with van der Waals surface area (Å²) in [6.45, 7) is 0.367. The minimum absolute atomic E-state index is 0.102. The number of nitrogens with one attached hydrogen (secondary N) is 1. The van der Waals surface area contributed by atoms with Crippen LogP contribution in [0.5, 0.6) is 0 Å². The lowest BCUT2D eigenvalue weighted by molar-refractivity contribution is -0.384. The molecule has 3 N–H and O–H groups in total. The van der Waals surface area contributed by atoms with Crippen LogP contribution in [-0.4, -0.2) is 33.0 Å². The molecule has 1 atom stereocenters. The fourth-order valence-corrected chi connectivity index (χ4v) is 3.59. The standard InChI is InChI=1S/C18H23N5O3/c19-11-15(13-4-2-1-3-5-13)21-18(24)14-6-7-16(17(10-14)23(25)26)22-9-8-20-12-22/h6-10,12-13,15H,1-5,11,19H2,(H,21,24). The van der Waals surface area contributed by atoms with Crippen molar-refractivity contribution in [2.75, 3.05) is 6.54 Å². The van der Waals surface area contributed by atoms with Crippen molar-refractivity contribution in [2.45, 2.75) is 38.1 Å². The van der Waals surface area contributed by atoms with Gasteiger partial charge >= 0.3 is 0 Å². The van der Waals surface area contributed by atoms with Crippen molar-refractivity contribution < 1.29 is 9.72 Å².